The molecule has 2 rings (SSSR count). The highest BCUT2D eigenvalue weighted by Crippen LogP contribution is 2.26. The molecule has 0 aliphatic heterocycles. The molecule has 244 valence electrons. The fourth-order valence-electron chi connectivity index (χ4n) is 3.69. The van der Waals surface area contributed by atoms with Crippen molar-refractivity contribution in [2.75, 3.05) is 10.6 Å². The molecule has 0 unspecified atom stereocenters. The molecule has 0 aromatic heterocycles. The molecule has 0 aliphatic rings. The number of halogens is 4. The van der Waals surface area contributed by atoms with Crippen molar-refractivity contribution in [1.82, 2.24) is 21.7 Å². The molecule has 12 nitrogen and oxygen atoms in total. The van der Waals surface area contributed by atoms with Crippen LogP contribution in [0, 0.1) is 0 Å². The molecule has 0 bridgehead atoms. The number of rotatable bonds is 16. The van der Waals surface area contributed by atoms with E-state index in [9.17, 15) is 28.8 Å². The lowest BCUT2D eigenvalue weighted by Crippen LogP contribution is -2.41. The molecule has 0 aliphatic carbocycles. The third kappa shape index (κ3) is 16.3. The van der Waals surface area contributed by atoms with Crippen LogP contribution in [0.5, 0.6) is 0 Å². The summed E-state index contributed by atoms with van der Waals surface area (Å²) in [6.07, 6.45) is 3.39. The van der Waals surface area contributed by atoms with E-state index in [1.54, 1.807) is 24.3 Å². The summed E-state index contributed by atoms with van der Waals surface area (Å²) >= 11 is 23.6. The van der Waals surface area contributed by atoms with E-state index in [-0.39, 0.29) is 60.4 Å². The molecule has 2 aromatic rings. The van der Waals surface area contributed by atoms with Gasteiger partial charge in [-0.05, 0) is 49.2 Å². The van der Waals surface area contributed by atoms with Gasteiger partial charge in [-0.25, -0.2) is 0 Å². The molecule has 0 saturated heterocycles. The van der Waals surface area contributed by atoms with Gasteiger partial charge in [-0.2, -0.15) is 0 Å². The van der Waals surface area contributed by atoms with Crippen molar-refractivity contribution in [1.29, 1.82) is 0 Å². The molecule has 2 aromatic carbocycles. The van der Waals surface area contributed by atoms with Gasteiger partial charge in [-0.3, -0.25) is 50.5 Å². The number of anilines is 2. The van der Waals surface area contributed by atoms with E-state index >= 15 is 0 Å². The Morgan fingerprint density at radius 2 is 0.733 bits per heavy atom. The molecule has 0 heterocycles. The summed E-state index contributed by atoms with van der Waals surface area (Å²) in [6.45, 7) is 0. The van der Waals surface area contributed by atoms with Gasteiger partial charge in [-0.1, -0.05) is 65.7 Å². The number of hydrazine groups is 2. The maximum absolute atomic E-state index is 12.0. The molecule has 0 fully saturated rings. The van der Waals surface area contributed by atoms with E-state index in [0.29, 0.717) is 34.3 Å². The summed E-state index contributed by atoms with van der Waals surface area (Å²) in [4.78, 5) is 71.7. The molecular formula is C29H34Cl4N6O6. The standard InChI is InChI=1S/C29H34Cl4N6O6/c30-18-8-10-22(20(32)16-18)34-24(40)12-14-28(44)38-36-26(42)6-4-2-1-3-5-7-27(43)37-39-29(45)15-13-25(41)35-23-11-9-19(31)17-21(23)33/h8-11,16-17H,1-7,12-15H2,(H,34,40)(H,35,41)(H,36,42)(H,37,43)(H,38,44)(H,39,45). The highest BCUT2D eigenvalue weighted by molar-refractivity contribution is 6.37. The van der Waals surface area contributed by atoms with E-state index in [4.69, 9.17) is 46.4 Å². The van der Waals surface area contributed by atoms with Crippen LogP contribution < -0.4 is 32.3 Å². The molecule has 0 atom stereocenters. The van der Waals surface area contributed by atoms with Gasteiger partial charge < -0.3 is 10.6 Å². The average molecular weight is 704 g/mol. The van der Waals surface area contributed by atoms with E-state index in [1.807, 2.05) is 0 Å². The summed E-state index contributed by atoms with van der Waals surface area (Å²) < 4.78 is 0. The highest BCUT2D eigenvalue weighted by Gasteiger charge is 2.12. The van der Waals surface area contributed by atoms with E-state index in [2.05, 4.69) is 32.3 Å². The first-order valence-corrected chi connectivity index (χ1v) is 15.6. The van der Waals surface area contributed by atoms with Crippen LogP contribution in [0.1, 0.15) is 70.6 Å². The summed E-state index contributed by atoms with van der Waals surface area (Å²) in [5.74, 6) is -2.58. The maximum Gasteiger partial charge on any atom is 0.238 e. The lowest BCUT2D eigenvalue weighted by atomic mass is 10.1. The lowest BCUT2D eigenvalue weighted by molar-refractivity contribution is -0.129. The number of unbranched alkanes of at least 4 members (excludes halogenated alkanes) is 4. The normalized spacial score (nSPS) is 10.4. The molecule has 0 spiro atoms. The topological polar surface area (TPSA) is 175 Å². The molecule has 0 saturated carbocycles. The Balaban J connectivity index is 1.44. The highest BCUT2D eigenvalue weighted by atomic mass is 35.5. The predicted molar refractivity (Wildman–Crippen MR) is 174 cm³/mol. The number of carbonyl (C=O) groups excluding carboxylic acids is 6. The first-order valence-electron chi connectivity index (χ1n) is 14.1. The zero-order chi connectivity index (χ0) is 33.2. The quantitative estimate of drug-likeness (QED) is 0.1000. The minimum atomic E-state index is -0.514. The molecule has 45 heavy (non-hydrogen) atoms. The van der Waals surface area contributed by atoms with Gasteiger partial charge in [0.15, 0.2) is 0 Å². The van der Waals surface area contributed by atoms with E-state index in [0.717, 1.165) is 19.3 Å². The van der Waals surface area contributed by atoms with Gasteiger partial charge in [0.05, 0.1) is 21.4 Å². The van der Waals surface area contributed by atoms with Crippen LogP contribution in [0.3, 0.4) is 0 Å². The fraction of sp³-hybridized carbons (Fsp3) is 0.379. The number of hydrogen-bond donors (Lipinski definition) is 6. The Labute approximate surface area is 280 Å². The second-order valence-electron chi connectivity index (χ2n) is 9.81. The van der Waals surface area contributed by atoms with Crippen LogP contribution in [0.2, 0.25) is 20.1 Å². The van der Waals surface area contributed by atoms with E-state index in [1.165, 1.54) is 12.1 Å². The Morgan fingerprint density at radius 3 is 1.09 bits per heavy atom. The van der Waals surface area contributed by atoms with Crippen LogP contribution in [-0.2, 0) is 28.8 Å². The van der Waals surface area contributed by atoms with Crippen LogP contribution >= 0.6 is 46.4 Å². The van der Waals surface area contributed by atoms with Gasteiger partial charge in [0, 0.05) is 48.6 Å². The van der Waals surface area contributed by atoms with Crippen molar-refractivity contribution in [2.24, 2.45) is 0 Å². The van der Waals surface area contributed by atoms with Crippen LogP contribution in [0.4, 0.5) is 11.4 Å². The van der Waals surface area contributed by atoms with Crippen molar-refractivity contribution in [2.45, 2.75) is 70.6 Å². The smallest absolute Gasteiger partial charge is 0.238 e. The fourth-order valence-corrected chi connectivity index (χ4v) is 4.60. The monoisotopic (exact) mass is 702 g/mol. The van der Waals surface area contributed by atoms with Crippen molar-refractivity contribution >= 4 is 93.2 Å². The molecule has 6 amide bonds. The Bertz CT molecular complexity index is 1280. The number of benzene rings is 2. The average Bonchev–Trinajstić information content (AvgIpc) is 2.99. The summed E-state index contributed by atoms with van der Waals surface area (Å²) in [7, 11) is 0. The van der Waals surface area contributed by atoms with Gasteiger partial charge in [-0.15, -0.1) is 0 Å². The first-order chi connectivity index (χ1) is 21.4. The molecule has 16 heteroatoms. The number of amides is 6. The Morgan fingerprint density at radius 1 is 0.422 bits per heavy atom. The van der Waals surface area contributed by atoms with Crippen LogP contribution in [0.15, 0.2) is 36.4 Å². The summed E-state index contributed by atoms with van der Waals surface area (Å²) in [5, 5.41) is 6.58. The minimum absolute atomic E-state index is 0.105. The Hall–Kier alpha value is -3.58. The number of carbonyl (C=O) groups is 6. The molecular weight excluding hydrogens is 670 g/mol. The second-order valence-corrected chi connectivity index (χ2v) is 11.5. The third-order valence-corrected chi connectivity index (χ3v) is 7.15. The second kappa shape index (κ2) is 20.5. The first kappa shape index (κ1) is 37.6. The van der Waals surface area contributed by atoms with Crippen molar-refractivity contribution < 1.29 is 28.8 Å². The van der Waals surface area contributed by atoms with Crippen molar-refractivity contribution in [3.05, 3.63) is 56.5 Å². The van der Waals surface area contributed by atoms with Crippen LogP contribution in [-0.4, -0.2) is 35.4 Å². The van der Waals surface area contributed by atoms with Crippen LogP contribution in [0.25, 0.3) is 0 Å². The zero-order valence-electron chi connectivity index (χ0n) is 24.2. The summed E-state index contributed by atoms with van der Waals surface area (Å²) in [5.41, 5.74) is 9.94. The van der Waals surface area contributed by atoms with Gasteiger partial charge in [0.2, 0.25) is 35.4 Å². The predicted octanol–water partition coefficient (Wildman–Crippen LogP) is 5.46. The third-order valence-electron chi connectivity index (χ3n) is 6.06. The summed E-state index contributed by atoms with van der Waals surface area (Å²) in [6, 6.07) is 9.23. The lowest BCUT2D eigenvalue weighted by Gasteiger charge is -2.09. The molecule has 6 N–H and O–H groups in total. The number of nitrogens with one attached hydrogen (secondary N) is 6. The SMILES string of the molecule is O=C(CCCCCCCC(=O)NNC(=O)CCC(=O)Nc1ccc(Cl)cc1Cl)NNC(=O)CCC(=O)Nc1ccc(Cl)cc1Cl. The molecule has 0 radical (unpaired) electrons. The largest absolute Gasteiger partial charge is 0.325 e. The maximum atomic E-state index is 12.0. The zero-order valence-corrected chi connectivity index (χ0v) is 27.2. The number of hydrogen-bond acceptors (Lipinski definition) is 6. The van der Waals surface area contributed by atoms with Gasteiger partial charge in [0.1, 0.15) is 0 Å². The van der Waals surface area contributed by atoms with E-state index < -0.39 is 23.6 Å². The van der Waals surface area contributed by atoms with Gasteiger partial charge >= 0.3 is 0 Å². The Kier molecular flexibility index (Phi) is 17.1. The van der Waals surface area contributed by atoms with Gasteiger partial charge in [0.25, 0.3) is 0 Å². The van der Waals surface area contributed by atoms with Crippen molar-refractivity contribution in [3.63, 3.8) is 0 Å². The van der Waals surface area contributed by atoms with Crippen molar-refractivity contribution in [3.8, 4) is 0 Å². The minimum Gasteiger partial charge on any atom is -0.325 e.